The zero-order valence-corrected chi connectivity index (χ0v) is 22.1. The Hall–Kier alpha value is -2.62. The van der Waals surface area contributed by atoms with Crippen LogP contribution < -0.4 is 11.1 Å². The number of aliphatic hydroxyl groups excluding tert-OH is 2. The first kappa shape index (κ1) is 30.6. The smallest absolute Gasteiger partial charge is 0.249 e. The number of hydrogen-bond donors (Lipinski definition) is 4. The third-order valence-corrected chi connectivity index (χ3v) is 7.01. The standard InChI is InChI=1S/C28H41F2N3O4/c1-4-10-33(11-5-2)26(36)20-8-7-9-28(16-20,27(31)37)24(25(35)17-32-23(6-3)18-34)14-19-12-21(29)15-22(30)13-19/h7-9,12-13,15,23-25,32,34-35H,4-6,10-11,14,16-18H2,1-3H3,(H2,31,37)/t23-,24-,25+,28?/m1/s1. The number of amides is 2. The maximum absolute atomic E-state index is 14.0. The van der Waals surface area contributed by atoms with Gasteiger partial charge in [-0.15, -0.1) is 0 Å². The number of hydrogen-bond acceptors (Lipinski definition) is 5. The molecule has 37 heavy (non-hydrogen) atoms. The second kappa shape index (κ2) is 14.4. The molecule has 0 radical (unpaired) electrons. The van der Waals surface area contributed by atoms with Crippen molar-refractivity contribution in [2.75, 3.05) is 26.2 Å². The predicted octanol–water partition coefficient (Wildman–Crippen LogP) is 2.85. The van der Waals surface area contributed by atoms with Gasteiger partial charge in [-0.25, -0.2) is 8.78 Å². The number of halogens is 2. The molecule has 0 fully saturated rings. The summed E-state index contributed by atoms with van der Waals surface area (Å²) in [5.41, 5.74) is 5.12. The van der Waals surface area contributed by atoms with Crippen molar-refractivity contribution in [2.45, 2.75) is 65.0 Å². The van der Waals surface area contributed by atoms with E-state index in [0.717, 1.165) is 31.0 Å². The minimum Gasteiger partial charge on any atom is -0.395 e. The van der Waals surface area contributed by atoms with Crippen molar-refractivity contribution < 1.29 is 28.6 Å². The summed E-state index contributed by atoms with van der Waals surface area (Å²) in [6.45, 7) is 6.83. The summed E-state index contributed by atoms with van der Waals surface area (Å²) in [7, 11) is 0. The van der Waals surface area contributed by atoms with Crippen LogP contribution in [0.4, 0.5) is 8.78 Å². The molecule has 0 saturated carbocycles. The van der Waals surface area contributed by atoms with Gasteiger partial charge in [-0.05, 0) is 49.8 Å². The predicted molar refractivity (Wildman–Crippen MR) is 139 cm³/mol. The molecule has 0 aromatic heterocycles. The van der Waals surface area contributed by atoms with Crippen LogP contribution in [0.3, 0.4) is 0 Å². The third kappa shape index (κ3) is 7.93. The van der Waals surface area contributed by atoms with E-state index in [1.165, 1.54) is 0 Å². The van der Waals surface area contributed by atoms with E-state index in [2.05, 4.69) is 5.32 Å². The molecule has 0 heterocycles. The normalized spacial score (nSPS) is 19.7. The summed E-state index contributed by atoms with van der Waals surface area (Å²) in [5, 5.41) is 23.9. The second-order valence-corrected chi connectivity index (χ2v) is 9.78. The Morgan fingerprint density at radius 3 is 2.27 bits per heavy atom. The molecule has 0 bridgehead atoms. The van der Waals surface area contributed by atoms with Gasteiger partial charge in [0, 0.05) is 43.2 Å². The van der Waals surface area contributed by atoms with E-state index in [1.807, 2.05) is 20.8 Å². The molecule has 0 saturated heterocycles. The van der Waals surface area contributed by atoms with Crippen molar-refractivity contribution in [2.24, 2.45) is 17.1 Å². The molecule has 2 rings (SSSR count). The number of benzene rings is 1. The van der Waals surface area contributed by atoms with Gasteiger partial charge in [0.15, 0.2) is 0 Å². The quantitative estimate of drug-likeness (QED) is 0.283. The minimum absolute atomic E-state index is 0.00912. The van der Waals surface area contributed by atoms with Crippen molar-refractivity contribution in [3.63, 3.8) is 0 Å². The number of nitrogens with two attached hydrogens (primary N) is 1. The molecule has 5 N–H and O–H groups in total. The van der Waals surface area contributed by atoms with Crippen LogP contribution in [-0.2, 0) is 16.0 Å². The average Bonchev–Trinajstić information content (AvgIpc) is 2.86. The molecule has 206 valence electrons. The molecule has 1 aromatic rings. The fourth-order valence-electron chi connectivity index (χ4n) is 4.99. The Balaban J connectivity index is 2.48. The van der Waals surface area contributed by atoms with Gasteiger partial charge in [-0.2, -0.15) is 0 Å². The Bertz CT molecular complexity index is 954. The van der Waals surface area contributed by atoms with Crippen LogP contribution in [0.2, 0.25) is 0 Å². The van der Waals surface area contributed by atoms with Gasteiger partial charge >= 0.3 is 0 Å². The SMILES string of the molecule is CCCN(CCC)C(=O)C1=CC=CC(C(N)=O)([C@H](Cc2cc(F)cc(F)c2)[C@@H](O)CN[C@H](CC)CO)C1. The van der Waals surface area contributed by atoms with Crippen LogP contribution in [0.1, 0.15) is 52.0 Å². The highest BCUT2D eigenvalue weighted by molar-refractivity contribution is 5.96. The number of rotatable bonds is 15. The number of allylic oxidation sites excluding steroid dienone is 2. The highest BCUT2D eigenvalue weighted by atomic mass is 19.1. The Labute approximate surface area is 218 Å². The number of nitrogens with one attached hydrogen (secondary N) is 1. The van der Waals surface area contributed by atoms with Crippen molar-refractivity contribution >= 4 is 11.8 Å². The molecule has 1 aliphatic carbocycles. The van der Waals surface area contributed by atoms with Crippen LogP contribution >= 0.6 is 0 Å². The van der Waals surface area contributed by atoms with Crippen LogP contribution in [0.25, 0.3) is 0 Å². The van der Waals surface area contributed by atoms with Crippen LogP contribution in [0.15, 0.2) is 42.0 Å². The average molecular weight is 522 g/mol. The molecule has 7 nitrogen and oxygen atoms in total. The molecule has 1 aromatic carbocycles. The summed E-state index contributed by atoms with van der Waals surface area (Å²) in [4.78, 5) is 28.2. The van der Waals surface area contributed by atoms with Gasteiger partial charge < -0.3 is 26.2 Å². The first-order chi connectivity index (χ1) is 17.6. The summed E-state index contributed by atoms with van der Waals surface area (Å²) in [5.74, 6) is -3.40. The summed E-state index contributed by atoms with van der Waals surface area (Å²) in [6.07, 6.45) is 5.71. The Morgan fingerprint density at radius 2 is 1.76 bits per heavy atom. The number of carbonyl (C=O) groups excluding carboxylic acids is 2. The molecule has 9 heteroatoms. The maximum Gasteiger partial charge on any atom is 0.249 e. The van der Waals surface area contributed by atoms with Crippen molar-refractivity contribution in [1.29, 1.82) is 0 Å². The maximum atomic E-state index is 14.0. The van der Waals surface area contributed by atoms with Gasteiger partial charge in [-0.3, -0.25) is 9.59 Å². The lowest BCUT2D eigenvalue weighted by Gasteiger charge is -2.41. The van der Waals surface area contributed by atoms with Crippen molar-refractivity contribution in [1.82, 2.24) is 10.2 Å². The number of primary amides is 1. The fraction of sp³-hybridized carbons (Fsp3) is 0.571. The van der Waals surface area contributed by atoms with Gasteiger partial charge in [0.1, 0.15) is 11.6 Å². The van der Waals surface area contributed by atoms with E-state index in [9.17, 15) is 28.6 Å². The summed E-state index contributed by atoms with van der Waals surface area (Å²) < 4.78 is 28.0. The van der Waals surface area contributed by atoms with E-state index < -0.39 is 35.0 Å². The van der Waals surface area contributed by atoms with E-state index >= 15 is 0 Å². The molecule has 1 aliphatic rings. The Morgan fingerprint density at radius 1 is 1.14 bits per heavy atom. The molecule has 0 aliphatic heterocycles. The third-order valence-electron chi connectivity index (χ3n) is 7.01. The lowest BCUT2D eigenvalue weighted by atomic mass is 9.64. The summed E-state index contributed by atoms with van der Waals surface area (Å²) in [6, 6.07) is 2.80. The van der Waals surface area contributed by atoms with Gasteiger partial charge in [0.2, 0.25) is 11.8 Å². The summed E-state index contributed by atoms with van der Waals surface area (Å²) >= 11 is 0. The Kier molecular flexibility index (Phi) is 11.9. The van der Waals surface area contributed by atoms with Gasteiger partial charge in [-0.1, -0.05) is 39.0 Å². The first-order valence-corrected chi connectivity index (χ1v) is 13.1. The molecule has 4 atom stereocenters. The zero-order valence-electron chi connectivity index (χ0n) is 22.1. The highest BCUT2D eigenvalue weighted by Crippen LogP contribution is 2.43. The number of nitrogens with zero attached hydrogens (tertiary/aromatic N) is 1. The molecular formula is C28H41F2N3O4. The van der Waals surface area contributed by atoms with E-state index in [4.69, 9.17) is 5.73 Å². The topological polar surface area (TPSA) is 116 Å². The highest BCUT2D eigenvalue weighted by Gasteiger charge is 2.48. The van der Waals surface area contributed by atoms with Gasteiger partial charge in [0.05, 0.1) is 18.1 Å². The van der Waals surface area contributed by atoms with Crippen LogP contribution in [0, 0.1) is 23.0 Å². The van der Waals surface area contributed by atoms with Crippen LogP contribution in [0.5, 0.6) is 0 Å². The van der Waals surface area contributed by atoms with Crippen molar-refractivity contribution in [3.05, 3.63) is 59.2 Å². The minimum atomic E-state index is -1.48. The molecular weight excluding hydrogens is 480 g/mol. The van der Waals surface area contributed by atoms with E-state index in [1.54, 1.807) is 23.1 Å². The van der Waals surface area contributed by atoms with Gasteiger partial charge in [0.25, 0.3) is 0 Å². The number of carbonyl (C=O) groups is 2. The lowest BCUT2D eigenvalue weighted by Crippen LogP contribution is -2.52. The zero-order chi connectivity index (χ0) is 27.6. The number of aliphatic hydroxyl groups is 2. The molecule has 0 spiro atoms. The largest absolute Gasteiger partial charge is 0.395 e. The first-order valence-electron chi connectivity index (χ1n) is 13.1. The lowest BCUT2D eigenvalue weighted by molar-refractivity contribution is -0.132. The van der Waals surface area contributed by atoms with Crippen molar-refractivity contribution in [3.8, 4) is 0 Å². The fourth-order valence-corrected chi connectivity index (χ4v) is 4.99. The molecule has 1 unspecified atom stereocenters. The molecule has 2 amide bonds. The second-order valence-electron chi connectivity index (χ2n) is 9.78. The van der Waals surface area contributed by atoms with E-state index in [0.29, 0.717) is 25.1 Å². The van der Waals surface area contributed by atoms with Crippen LogP contribution in [-0.4, -0.2) is 65.3 Å². The monoisotopic (exact) mass is 521 g/mol. The van der Waals surface area contributed by atoms with E-state index in [-0.39, 0.29) is 43.5 Å².